The van der Waals surface area contributed by atoms with Crippen LogP contribution in [0, 0.1) is 0 Å². The molecule has 0 aliphatic carbocycles. The first-order valence-electron chi connectivity index (χ1n) is 6.90. The van der Waals surface area contributed by atoms with E-state index in [-0.39, 0.29) is 5.97 Å². The Kier molecular flexibility index (Phi) is 4.93. The highest BCUT2D eigenvalue weighted by atomic mass is 16.5. The fraction of sp³-hybridized carbons (Fsp3) is 0.533. The third kappa shape index (κ3) is 3.78. The zero-order valence-electron chi connectivity index (χ0n) is 11.4. The molecule has 2 atom stereocenters. The van der Waals surface area contributed by atoms with Gasteiger partial charge in [-0.25, -0.2) is 0 Å². The summed E-state index contributed by atoms with van der Waals surface area (Å²) in [5.41, 5.74) is 7.22. The SMILES string of the molecule is CCOC(=O)C(N)CN1CCC(c2ccccc2)C1. The predicted octanol–water partition coefficient (Wildman–Crippen LogP) is 1.37. The molecule has 1 fully saturated rings. The Morgan fingerprint density at radius 2 is 2.21 bits per heavy atom. The Morgan fingerprint density at radius 3 is 2.89 bits per heavy atom. The first-order chi connectivity index (χ1) is 9.20. The van der Waals surface area contributed by atoms with Crippen LogP contribution in [-0.2, 0) is 9.53 Å². The molecular formula is C15H22N2O2. The number of rotatable bonds is 5. The largest absolute Gasteiger partial charge is 0.465 e. The van der Waals surface area contributed by atoms with Gasteiger partial charge in [0.25, 0.3) is 0 Å². The highest BCUT2D eigenvalue weighted by Crippen LogP contribution is 2.26. The Morgan fingerprint density at radius 1 is 1.47 bits per heavy atom. The van der Waals surface area contributed by atoms with Crippen LogP contribution >= 0.6 is 0 Å². The molecule has 19 heavy (non-hydrogen) atoms. The van der Waals surface area contributed by atoms with Crippen molar-refractivity contribution in [2.45, 2.75) is 25.3 Å². The molecule has 1 aliphatic heterocycles. The topological polar surface area (TPSA) is 55.6 Å². The van der Waals surface area contributed by atoms with Crippen LogP contribution in [0.25, 0.3) is 0 Å². The van der Waals surface area contributed by atoms with Gasteiger partial charge in [0.2, 0.25) is 0 Å². The Bertz CT molecular complexity index is 408. The van der Waals surface area contributed by atoms with Crippen molar-refractivity contribution in [2.75, 3.05) is 26.2 Å². The summed E-state index contributed by atoms with van der Waals surface area (Å²) in [7, 11) is 0. The summed E-state index contributed by atoms with van der Waals surface area (Å²) in [5, 5.41) is 0. The van der Waals surface area contributed by atoms with Gasteiger partial charge in [-0.2, -0.15) is 0 Å². The van der Waals surface area contributed by atoms with Crippen LogP contribution in [0.3, 0.4) is 0 Å². The summed E-state index contributed by atoms with van der Waals surface area (Å²) in [4.78, 5) is 13.8. The molecule has 104 valence electrons. The number of likely N-dealkylation sites (tertiary alicyclic amines) is 1. The van der Waals surface area contributed by atoms with E-state index in [1.807, 2.05) is 6.07 Å². The molecule has 0 bridgehead atoms. The second-order valence-electron chi connectivity index (χ2n) is 5.01. The smallest absolute Gasteiger partial charge is 0.324 e. The van der Waals surface area contributed by atoms with Gasteiger partial charge in [-0.05, 0) is 31.4 Å². The molecular weight excluding hydrogens is 240 g/mol. The Balaban J connectivity index is 1.84. The highest BCUT2D eigenvalue weighted by molar-refractivity contribution is 5.75. The lowest BCUT2D eigenvalue weighted by Gasteiger charge is -2.19. The molecule has 1 aromatic rings. The van der Waals surface area contributed by atoms with Gasteiger partial charge in [-0.15, -0.1) is 0 Å². The van der Waals surface area contributed by atoms with Crippen molar-refractivity contribution >= 4 is 5.97 Å². The van der Waals surface area contributed by atoms with E-state index in [1.54, 1.807) is 6.92 Å². The van der Waals surface area contributed by atoms with Crippen molar-refractivity contribution in [2.24, 2.45) is 5.73 Å². The van der Waals surface area contributed by atoms with E-state index in [2.05, 4.69) is 29.2 Å². The Labute approximate surface area is 114 Å². The molecule has 0 radical (unpaired) electrons. The molecule has 0 amide bonds. The van der Waals surface area contributed by atoms with E-state index in [9.17, 15) is 4.79 Å². The van der Waals surface area contributed by atoms with Gasteiger partial charge in [0.1, 0.15) is 6.04 Å². The lowest BCUT2D eigenvalue weighted by Crippen LogP contribution is -2.42. The molecule has 0 aromatic heterocycles. The average Bonchev–Trinajstić information content (AvgIpc) is 2.88. The molecule has 4 heteroatoms. The minimum Gasteiger partial charge on any atom is -0.465 e. The van der Waals surface area contributed by atoms with Crippen LogP contribution in [0.5, 0.6) is 0 Å². The van der Waals surface area contributed by atoms with Crippen LogP contribution in [0.4, 0.5) is 0 Å². The van der Waals surface area contributed by atoms with Gasteiger partial charge in [-0.3, -0.25) is 4.79 Å². The van der Waals surface area contributed by atoms with Gasteiger partial charge in [0, 0.05) is 13.1 Å². The number of carbonyl (C=O) groups is 1. The minimum atomic E-state index is -0.533. The van der Waals surface area contributed by atoms with Gasteiger partial charge < -0.3 is 15.4 Å². The van der Waals surface area contributed by atoms with Gasteiger partial charge in [-0.1, -0.05) is 30.3 Å². The second kappa shape index (κ2) is 6.68. The van der Waals surface area contributed by atoms with Gasteiger partial charge >= 0.3 is 5.97 Å². The predicted molar refractivity (Wildman–Crippen MR) is 74.8 cm³/mol. The second-order valence-corrected chi connectivity index (χ2v) is 5.01. The fourth-order valence-corrected chi connectivity index (χ4v) is 2.60. The summed E-state index contributed by atoms with van der Waals surface area (Å²) < 4.78 is 4.93. The van der Waals surface area contributed by atoms with Crippen molar-refractivity contribution in [3.8, 4) is 0 Å². The zero-order chi connectivity index (χ0) is 13.7. The van der Waals surface area contributed by atoms with E-state index >= 15 is 0 Å². The van der Waals surface area contributed by atoms with Crippen LogP contribution < -0.4 is 5.73 Å². The highest BCUT2D eigenvalue weighted by Gasteiger charge is 2.27. The molecule has 0 spiro atoms. The molecule has 1 heterocycles. The summed E-state index contributed by atoms with van der Waals surface area (Å²) in [6.07, 6.45) is 1.12. The third-order valence-electron chi connectivity index (χ3n) is 3.59. The number of carbonyl (C=O) groups excluding carboxylic acids is 1. The van der Waals surface area contributed by atoms with E-state index < -0.39 is 6.04 Å². The van der Waals surface area contributed by atoms with Crippen molar-refractivity contribution in [1.29, 1.82) is 0 Å². The average molecular weight is 262 g/mol. The van der Waals surface area contributed by atoms with Crippen LogP contribution in [0.1, 0.15) is 24.8 Å². The maximum absolute atomic E-state index is 11.5. The van der Waals surface area contributed by atoms with Gasteiger partial charge in [0.15, 0.2) is 0 Å². The van der Waals surface area contributed by atoms with Crippen molar-refractivity contribution in [3.05, 3.63) is 35.9 Å². The number of benzene rings is 1. The molecule has 2 rings (SSSR count). The van der Waals surface area contributed by atoms with Crippen molar-refractivity contribution < 1.29 is 9.53 Å². The van der Waals surface area contributed by atoms with Crippen LogP contribution in [0.15, 0.2) is 30.3 Å². The molecule has 2 N–H and O–H groups in total. The number of nitrogens with zero attached hydrogens (tertiary/aromatic N) is 1. The first kappa shape index (κ1) is 14.0. The number of ether oxygens (including phenoxy) is 1. The minimum absolute atomic E-state index is 0.300. The Hall–Kier alpha value is -1.39. The van der Waals surface area contributed by atoms with E-state index in [4.69, 9.17) is 10.5 Å². The molecule has 2 unspecified atom stereocenters. The zero-order valence-corrected chi connectivity index (χ0v) is 11.4. The monoisotopic (exact) mass is 262 g/mol. The maximum Gasteiger partial charge on any atom is 0.324 e. The van der Waals surface area contributed by atoms with Gasteiger partial charge in [0.05, 0.1) is 6.61 Å². The molecule has 1 aromatic carbocycles. The first-order valence-corrected chi connectivity index (χ1v) is 6.90. The summed E-state index contributed by atoms with van der Waals surface area (Å²) >= 11 is 0. The van der Waals surface area contributed by atoms with Crippen molar-refractivity contribution in [1.82, 2.24) is 4.90 Å². The number of hydrogen-bond donors (Lipinski definition) is 1. The normalized spacial score (nSPS) is 21.3. The summed E-state index contributed by atoms with van der Waals surface area (Å²) in [5.74, 6) is 0.251. The number of nitrogens with two attached hydrogens (primary N) is 1. The molecule has 0 saturated carbocycles. The van der Waals surface area contributed by atoms with Crippen molar-refractivity contribution in [3.63, 3.8) is 0 Å². The summed E-state index contributed by atoms with van der Waals surface area (Å²) in [6, 6.07) is 9.98. The quantitative estimate of drug-likeness (QED) is 0.814. The lowest BCUT2D eigenvalue weighted by atomic mass is 9.99. The maximum atomic E-state index is 11.5. The third-order valence-corrected chi connectivity index (χ3v) is 3.59. The number of esters is 1. The van der Waals surface area contributed by atoms with E-state index in [0.717, 1.165) is 19.5 Å². The standard InChI is InChI=1S/C15H22N2O2/c1-2-19-15(18)14(16)11-17-9-8-13(10-17)12-6-4-3-5-7-12/h3-7,13-14H,2,8-11,16H2,1H3. The number of hydrogen-bond acceptors (Lipinski definition) is 4. The molecule has 4 nitrogen and oxygen atoms in total. The lowest BCUT2D eigenvalue weighted by molar-refractivity contribution is -0.145. The van der Waals surface area contributed by atoms with E-state index in [1.165, 1.54) is 5.56 Å². The fourth-order valence-electron chi connectivity index (χ4n) is 2.60. The molecule has 1 aliphatic rings. The summed E-state index contributed by atoms with van der Waals surface area (Å²) in [6.45, 7) is 4.73. The van der Waals surface area contributed by atoms with Crippen LogP contribution in [0.2, 0.25) is 0 Å². The molecule has 1 saturated heterocycles. The van der Waals surface area contributed by atoms with Crippen LogP contribution in [-0.4, -0.2) is 43.2 Å². The van der Waals surface area contributed by atoms with E-state index in [0.29, 0.717) is 19.1 Å².